The maximum atomic E-state index is 6.21. The molecule has 2 aromatic carbocycles. The number of anilines is 1. The van der Waals surface area contributed by atoms with Gasteiger partial charge >= 0.3 is 0 Å². The van der Waals surface area contributed by atoms with E-state index in [2.05, 4.69) is 24.3 Å². The molecule has 1 atom stereocenters. The highest BCUT2D eigenvalue weighted by molar-refractivity contribution is 8.00. The highest BCUT2D eigenvalue weighted by atomic mass is 35.5. The molecule has 0 aromatic heterocycles. The summed E-state index contributed by atoms with van der Waals surface area (Å²) >= 11 is 9.92. The summed E-state index contributed by atoms with van der Waals surface area (Å²) in [4.78, 5) is 2.43. The molecule has 1 aliphatic heterocycles. The molecule has 0 fully saturated rings. The summed E-state index contributed by atoms with van der Waals surface area (Å²) in [5.41, 5.74) is 8.23. The minimum atomic E-state index is 0.585. The number of nitrogens with two attached hydrogens (primary N) is 1. The Labute approximate surface area is 126 Å². The lowest BCUT2D eigenvalue weighted by molar-refractivity contribution is 0.896. The molecule has 0 radical (unpaired) electrons. The van der Waals surface area contributed by atoms with Crippen LogP contribution in [0.25, 0.3) is 0 Å². The Kier molecular flexibility index (Phi) is 3.96. The van der Waals surface area contributed by atoms with Crippen LogP contribution in [0.2, 0.25) is 5.02 Å². The Morgan fingerprint density at radius 2 is 2.05 bits per heavy atom. The van der Waals surface area contributed by atoms with Crippen molar-refractivity contribution in [2.24, 2.45) is 0 Å². The molecule has 1 nitrogen and oxygen atoms in total. The van der Waals surface area contributed by atoms with E-state index in [-0.39, 0.29) is 0 Å². The fourth-order valence-corrected chi connectivity index (χ4v) is 5.08. The molecule has 1 heterocycles. The largest absolute Gasteiger partial charge is 0.398 e. The van der Waals surface area contributed by atoms with Gasteiger partial charge in [0.1, 0.15) is 0 Å². The van der Waals surface area contributed by atoms with Crippen LogP contribution in [0.3, 0.4) is 0 Å². The van der Waals surface area contributed by atoms with Crippen molar-refractivity contribution in [3.8, 4) is 0 Å². The topological polar surface area (TPSA) is 26.0 Å². The molecule has 1 aliphatic rings. The van der Waals surface area contributed by atoms with Crippen LogP contribution >= 0.6 is 35.1 Å². The Morgan fingerprint density at radius 3 is 2.89 bits per heavy atom. The number of benzene rings is 2. The number of rotatable bonds is 3. The van der Waals surface area contributed by atoms with Gasteiger partial charge in [0.05, 0.1) is 5.02 Å². The van der Waals surface area contributed by atoms with E-state index >= 15 is 0 Å². The predicted octanol–water partition coefficient (Wildman–Crippen LogP) is 4.90. The molecule has 98 valence electrons. The van der Waals surface area contributed by atoms with Crippen LogP contribution in [0.1, 0.15) is 11.5 Å². The van der Waals surface area contributed by atoms with E-state index in [1.165, 1.54) is 10.5 Å². The van der Waals surface area contributed by atoms with Gasteiger partial charge in [-0.1, -0.05) is 35.9 Å². The van der Waals surface area contributed by atoms with Gasteiger partial charge in [-0.05, 0) is 23.8 Å². The van der Waals surface area contributed by atoms with Gasteiger partial charge in [-0.3, -0.25) is 0 Å². The van der Waals surface area contributed by atoms with Crippen molar-refractivity contribution in [3.63, 3.8) is 0 Å². The molecule has 4 heteroatoms. The van der Waals surface area contributed by atoms with Crippen LogP contribution < -0.4 is 5.73 Å². The number of thioether (sulfide) groups is 2. The monoisotopic (exact) mass is 307 g/mol. The van der Waals surface area contributed by atoms with Gasteiger partial charge in [0.2, 0.25) is 0 Å². The third kappa shape index (κ3) is 2.73. The molecule has 19 heavy (non-hydrogen) atoms. The number of fused-ring (bicyclic) bond motifs is 1. The Morgan fingerprint density at radius 1 is 1.21 bits per heavy atom. The minimum absolute atomic E-state index is 0.585. The fraction of sp³-hybridized carbons (Fsp3) is 0.200. The van der Waals surface area contributed by atoms with Crippen molar-refractivity contribution in [2.45, 2.75) is 15.7 Å². The first-order chi connectivity index (χ1) is 9.25. The lowest BCUT2D eigenvalue weighted by atomic mass is 10.0. The van der Waals surface area contributed by atoms with Gasteiger partial charge in [0.25, 0.3) is 0 Å². The van der Waals surface area contributed by atoms with E-state index in [1.54, 1.807) is 11.8 Å². The quantitative estimate of drug-likeness (QED) is 0.645. The summed E-state index contributed by atoms with van der Waals surface area (Å²) in [5.74, 6) is 2.76. The van der Waals surface area contributed by atoms with Gasteiger partial charge in [-0.15, -0.1) is 23.5 Å². The Bertz CT molecular complexity index is 580. The standard InChI is InChI=1S/C15H14ClNS2/c16-12-5-3-6-13(17)15(12)19-9-10-8-18-14-7-2-1-4-11(10)14/h1-7,10H,8-9,17H2. The first-order valence-corrected chi connectivity index (χ1v) is 8.49. The van der Waals surface area contributed by atoms with Gasteiger partial charge in [0.15, 0.2) is 0 Å². The summed E-state index contributed by atoms with van der Waals surface area (Å²) in [6.07, 6.45) is 0. The smallest absolute Gasteiger partial charge is 0.0562 e. The van der Waals surface area contributed by atoms with Gasteiger partial charge < -0.3 is 5.73 Å². The molecule has 0 saturated carbocycles. The second-order valence-electron chi connectivity index (χ2n) is 4.51. The molecule has 0 saturated heterocycles. The zero-order valence-corrected chi connectivity index (χ0v) is 12.7. The van der Waals surface area contributed by atoms with Crippen LogP contribution in [-0.2, 0) is 0 Å². The maximum Gasteiger partial charge on any atom is 0.0562 e. The third-order valence-corrected chi connectivity index (χ3v) is 6.22. The van der Waals surface area contributed by atoms with Crippen LogP contribution in [0.5, 0.6) is 0 Å². The Hall–Kier alpha value is -0.770. The highest BCUT2D eigenvalue weighted by Crippen LogP contribution is 2.43. The van der Waals surface area contributed by atoms with Gasteiger partial charge in [-0.25, -0.2) is 0 Å². The normalized spacial score (nSPS) is 17.4. The van der Waals surface area contributed by atoms with E-state index in [0.717, 1.165) is 27.1 Å². The highest BCUT2D eigenvalue weighted by Gasteiger charge is 2.23. The number of halogens is 1. The lowest BCUT2D eigenvalue weighted by Crippen LogP contribution is -2.01. The molecule has 2 N–H and O–H groups in total. The molecule has 0 amide bonds. The van der Waals surface area contributed by atoms with E-state index < -0.39 is 0 Å². The number of nitrogen functional groups attached to an aromatic ring is 1. The molecule has 0 aliphatic carbocycles. The SMILES string of the molecule is Nc1cccc(Cl)c1SCC1CSc2ccccc21. The van der Waals surface area contributed by atoms with Crippen LogP contribution in [0, 0.1) is 0 Å². The van der Waals surface area contributed by atoms with Gasteiger partial charge in [-0.2, -0.15) is 0 Å². The molecular weight excluding hydrogens is 294 g/mol. The lowest BCUT2D eigenvalue weighted by Gasteiger charge is -2.12. The van der Waals surface area contributed by atoms with Gasteiger partial charge in [0, 0.05) is 32.9 Å². The predicted molar refractivity (Wildman–Crippen MR) is 86.5 cm³/mol. The van der Waals surface area contributed by atoms with Crippen molar-refractivity contribution in [2.75, 3.05) is 17.2 Å². The van der Waals surface area contributed by atoms with E-state index in [0.29, 0.717) is 5.92 Å². The van der Waals surface area contributed by atoms with Crippen LogP contribution in [0.4, 0.5) is 5.69 Å². The average Bonchev–Trinajstić information content (AvgIpc) is 2.82. The molecular formula is C15H14ClNS2. The summed E-state index contributed by atoms with van der Waals surface area (Å²) < 4.78 is 0. The van der Waals surface area contributed by atoms with Crippen molar-refractivity contribution >= 4 is 40.8 Å². The Balaban J connectivity index is 1.75. The molecule has 3 rings (SSSR count). The second kappa shape index (κ2) is 5.70. The third-order valence-electron chi connectivity index (χ3n) is 3.23. The van der Waals surface area contributed by atoms with Crippen LogP contribution in [-0.4, -0.2) is 11.5 Å². The molecule has 0 bridgehead atoms. The zero-order chi connectivity index (χ0) is 13.2. The van der Waals surface area contributed by atoms with Crippen molar-refractivity contribution in [1.29, 1.82) is 0 Å². The van der Waals surface area contributed by atoms with E-state index in [4.69, 9.17) is 17.3 Å². The first-order valence-electron chi connectivity index (χ1n) is 6.14. The second-order valence-corrected chi connectivity index (χ2v) is 7.01. The van der Waals surface area contributed by atoms with Crippen molar-refractivity contribution in [3.05, 3.63) is 53.1 Å². The maximum absolute atomic E-state index is 6.21. The average molecular weight is 308 g/mol. The van der Waals surface area contributed by atoms with Crippen molar-refractivity contribution < 1.29 is 0 Å². The molecule has 2 aromatic rings. The summed E-state index contributed by atoms with van der Waals surface area (Å²) in [7, 11) is 0. The summed E-state index contributed by atoms with van der Waals surface area (Å²) in [6, 6.07) is 14.4. The minimum Gasteiger partial charge on any atom is -0.398 e. The molecule has 1 unspecified atom stereocenters. The number of hydrogen-bond acceptors (Lipinski definition) is 3. The first kappa shape index (κ1) is 13.2. The zero-order valence-electron chi connectivity index (χ0n) is 10.3. The van der Waals surface area contributed by atoms with E-state index in [9.17, 15) is 0 Å². The van der Waals surface area contributed by atoms with E-state index in [1.807, 2.05) is 30.0 Å². The van der Waals surface area contributed by atoms with Crippen molar-refractivity contribution in [1.82, 2.24) is 0 Å². The molecule has 0 spiro atoms. The summed E-state index contributed by atoms with van der Waals surface area (Å²) in [5, 5.41) is 0.754. The fourth-order valence-electron chi connectivity index (χ4n) is 2.23. The van der Waals surface area contributed by atoms with Crippen LogP contribution in [0.15, 0.2) is 52.3 Å². The number of hydrogen-bond donors (Lipinski definition) is 1. The summed E-state index contributed by atoms with van der Waals surface area (Å²) in [6.45, 7) is 0.